The van der Waals surface area contributed by atoms with E-state index in [-0.39, 0.29) is 6.10 Å². The minimum atomic E-state index is -0.194. The molecule has 1 aliphatic rings. The second-order valence-corrected chi connectivity index (χ2v) is 4.59. The maximum absolute atomic E-state index is 9.98. The van der Waals surface area contributed by atoms with Crippen LogP contribution in [-0.4, -0.2) is 11.2 Å². The summed E-state index contributed by atoms with van der Waals surface area (Å²) in [4.78, 5) is 0. The Morgan fingerprint density at radius 2 is 1.85 bits per heavy atom. The Hall–Kier alpha value is -0.300. The van der Waals surface area contributed by atoms with Crippen molar-refractivity contribution < 1.29 is 5.11 Å². The van der Waals surface area contributed by atoms with Gasteiger partial charge in [-0.1, -0.05) is 32.8 Å². The number of hydrogen-bond acceptors (Lipinski definition) is 1. The zero-order valence-electron chi connectivity index (χ0n) is 8.87. The first-order valence-corrected chi connectivity index (χ1v) is 5.47. The van der Waals surface area contributed by atoms with E-state index < -0.39 is 0 Å². The number of aliphatic hydroxyl groups excluding tert-OH is 1. The van der Waals surface area contributed by atoms with Crippen molar-refractivity contribution in [2.45, 2.75) is 45.6 Å². The van der Waals surface area contributed by atoms with Gasteiger partial charge < -0.3 is 5.11 Å². The van der Waals surface area contributed by atoms with E-state index in [4.69, 9.17) is 0 Å². The minimum Gasteiger partial charge on any atom is -0.392 e. The SMILES string of the molecule is C=C[C@H](C1CCCC1)[C@H](O)C(C)C. The monoisotopic (exact) mass is 182 g/mol. The van der Waals surface area contributed by atoms with Crippen LogP contribution < -0.4 is 0 Å². The predicted molar refractivity (Wildman–Crippen MR) is 56.5 cm³/mol. The summed E-state index contributed by atoms with van der Waals surface area (Å²) in [7, 11) is 0. The molecule has 0 unspecified atom stereocenters. The van der Waals surface area contributed by atoms with E-state index in [1.165, 1.54) is 25.7 Å². The molecule has 0 aliphatic heterocycles. The third kappa shape index (κ3) is 2.57. The van der Waals surface area contributed by atoms with E-state index in [0.29, 0.717) is 17.8 Å². The molecule has 2 atom stereocenters. The third-order valence-corrected chi connectivity index (χ3v) is 3.29. The van der Waals surface area contributed by atoms with Crippen LogP contribution in [0.1, 0.15) is 39.5 Å². The van der Waals surface area contributed by atoms with Crippen LogP contribution in [0.15, 0.2) is 12.7 Å². The molecule has 0 spiro atoms. The average Bonchev–Trinajstić information content (AvgIpc) is 2.58. The molecule has 76 valence electrons. The highest BCUT2D eigenvalue weighted by molar-refractivity contribution is 4.92. The van der Waals surface area contributed by atoms with E-state index in [0.717, 1.165) is 0 Å². The molecular weight excluding hydrogens is 160 g/mol. The molecule has 0 amide bonds. The molecule has 0 bridgehead atoms. The summed E-state index contributed by atoms with van der Waals surface area (Å²) in [5.41, 5.74) is 0. The Labute approximate surface area is 81.9 Å². The number of aliphatic hydroxyl groups is 1. The minimum absolute atomic E-state index is 0.194. The van der Waals surface area contributed by atoms with Crippen LogP contribution in [0, 0.1) is 17.8 Å². The number of rotatable bonds is 4. The first kappa shape index (κ1) is 10.8. The van der Waals surface area contributed by atoms with Crippen LogP contribution in [0.2, 0.25) is 0 Å². The van der Waals surface area contributed by atoms with Gasteiger partial charge in [-0.3, -0.25) is 0 Å². The van der Waals surface area contributed by atoms with Gasteiger partial charge in [0.05, 0.1) is 6.10 Å². The smallest absolute Gasteiger partial charge is 0.0628 e. The highest BCUT2D eigenvalue weighted by atomic mass is 16.3. The van der Waals surface area contributed by atoms with Gasteiger partial charge in [0, 0.05) is 5.92 Å². The molecule has 1 N–H and O–H groups in total. The van der Waals surface area contributed by atoms with Crippen molar-refractivity contribution in [2.75, 3.05) is 0 Å². The summed E-state index contributed by atoms with van der Waals surface area (Å²) in [5, 5.41) is 9.98. The number of hydrogen-bond donors (Lipinski definition) is 1. The zero-order valence-corrected chi connectivity index (χ0v) is 8.87. The van der Waals surface area contributed by atoms with Crippen molar-refractivity contribution in [2.24, 2.45) is 17.8 Å². The molecule has 1 heteroatoms. The molecular formula is C12H22O. The Morgan fingerprint density at radius 3 is 2.23 bits per heavy atom. The van der Waals surface area contributed by atoms with Crippen molar-refractivity contribution in [1.82, 2.24) is 0 Å². The summed E-state index contributed by atoms with van der Waals surface area (Å²) >= 11 is 0. The molecule has 0 heterocycles. The Balaban J connectivity index is 2.54. The predicted octanol–water partition coefficient (Wildman–Crippen LogP) is 3.00. The maximum atomic E-state index is 9.98. The summed E-state index contributed by atoms with van der Waals surface area (Å²) in [6, 6.07) is 0. The second-order valence-electron chi connectivity index (χ2n) is 4.59. The van der Waals surface area contributed by atoms with E-state index in [1.54, 1.807) is 0 Å². The molecule has 13 heavy (non-hydrogen) atoms. The van der Waals surface area contributed by atoms with Crippen molar-refractivity contribution in [3.05, 3.63) is 12.7 Å². The summed E-state index contributed by atoms with van der Waals surface area (Å²) in [5.74, 6) is 1.36. The fourth-order valence-electron chi connectivity index (χ4n) is 2.40. The normalized spacial score (nSPS) is 23.4. The first-order chi connectivity index (χ1) is 6.16. The van der Waals surface area contributed by atoms with Gasteiger partial charge >= 0.3 is 0 Å². The zero-order chi connectivity index (χ0) is 9.84. The third-order valence-electron chi connectivity index (χ3n) is 3.29. The van der Waals surface area contributed by atoms with E-state index >= 15 is 0 Å². The summed E-state index contributed by atoms with van der Waals surface area (Å²) < 4.78 is 0. The molecule has 1 nitrogen and oxygen atoms in total. The highest BCUT2D eigenvalue weighted by Gasteiger charge is 2.29. The quantitative estimate of drug-likeness (QED) is 0.663. The fourth-order valence-corrected chi connectivity index (χ4v) is 2.40. The van der Waals surface area contributed by atoms with Gasteiger partial charge in [-0.25, -0.2) is 0 Å². The van der Waals surface area contributed by atoms with Crippen LogP contribution in [0.3, 0.4) is 0 Å². The highest BCUT2D eigenvalue weighted by Crippen LogP contribution is 2.35. The van der Waals surface area contributed by atoms with Crippen LogP contribution in [0.25, 0.3) is 0 Å². The molecule has 0 radical (unpaired) electrons. The van der Waals surface area contributed by atoms with E-state index in [1.807, 2.05) is 6.08 Å². The van der Waals surface area contributed by atoms with Crippen molar-refractivity contribution in [3.8, 4) is 0 Å². The summed E-state index contributed by atoms with van der Waals surface area (Å²) in [6.45, 7) is 8.01. The van der Waals surface area contributed by atoms with Crippen LogP contribution in [-0.2, 0) is 0 Å². The largest absolute Gasteiger partial charge is 0.392 e. The second kappa shape index (κ2) is 4.80. The Bertz CT molecular complexity index is 155. The van der Waals surface area contributed by atoms with Gasteiger partial charge in [-0.05, 0) is 24.7 Å². The lowest BCUT2D eigenvalue weighted by molar-refractivity contribution is 0.0592. The van der Waals surface area contributed by atoms with Crippen molar-refractivity contribution >= 4 is 0 Å². The molecule has 1 saturated carbocycles. The topological polar surface area (TPSA) is 20.2 Å². The van der Waals surface area contributed by atoms with Gasteiger partial charge in [0.2, 0.25) is 0 Å². The van der Waals surface area contributed by atoms with Gasteiger partial charge in [-0.15, -0.1) is 6.58 Å². The standard InChI is InChI=1S/C12H22O/c1-4-11(12(13)9(2)3)10-7-5-6-8-10/h4,9-13H,1,5-8H2,2-3H3/t11-,12-/m1/s1. The van der Waals surface area contributed by atoms with Crippen LogP contribution >= 0.6 is 0 Å². The molecule has 1 fully saturated rings. The maximum Gasteiger partial charge on any atom is 0.0628 e. The van der Waals surface area contributed by atoms with Gasteiger partial charge in [-0.2, -0.15) is 0 Å². The van der Waals surface area contributed by atoms with E-state index in [2.05, 4.69) is 20.4 Å². The average molecular weight is 182 g/mol. The summed E-state index contributed by atoms with van der Waals surface area (Å²) in [6.07, 6.45) is 6.99. The van der Waals surface area contributed by atoms with Crippen molar-refractivity contribution in [1.29, 1.82) is 0 Å². The van der Waals surface area contributed by atoms with Gasteiger partial charge in [0.25, 0.3) is 0 Å². The van der Waals surface area contributed by atoms with E-state index in [9.17, 15) is 5.11 Å². The van der Waals surface area contributed by atoms with Gasteiger partial charge in [0.15, 0.2) is 0 Å². The molecule has 0 aromatic carbocycles. The molecule has 0 aromatic heterocycles. The first-order valence-electron chi connectivity index (χ1n) is 5.47. The Kier molecular flexibility index (Phi) is 3.98. The lowest BCUT2D eigenvalue weighted by atomic mass is 9.82. The Morgan fingerprint density at radius 1 is 1.31 bits per heavy atom. The van der Waals surface area contributed by atoms with Crippen LogP contribution in [0.5, 0.6) is 0 Å². The molecule has 1 rings (SSSR count). The lowest BCUT2D eigenvalue weighted by Gasteiger charge is -2.27. The van der Waals surface area contributed by atoms with Gasteiger partial charge in [0.1, 0.15) is 0 Å². The lowest BCUT2D eigenvalue weighted by Crippen LogP contribution is -2.29. The van der Waals surface area contributed by atoms with Crippen molar-refractivity contribution in [3.63, 3.8) is 0 Å². The molecule has 0 saturated heterocycles. The molecule has 0 aromatic rings. The molecule has 1 aliphatic carbocycles. The van der Waals surface area contributed by atoms with Crippen LogP contribution in [0.4, 0.5) is 0 Å². The fraction of sp³-hybridized carbons (Fsp3) is 0.833.